The third-order valence-corrected chi connectivity index (χ3v) is 4.70. The van der Waals surface area contributed by atoms with E-state index < -0.39 is 4.92 Å². The maximum atomic E-state index is 12.1. The van der Waals surface area contributed by atoms with Gasteiger partial charge in [0.1, 0.15) is 5.01 Å². The molecule has 10 heteroatoms. The SMILES string of the molecule is Cc1nn2c(=O)cc(CN(C)Cc3cc([N+](=O)[O-])ccc3Cl)nc2s1. The first-order valence-electron chi connectivity index (χ1n) is 7.31. The minimum absolute atomic E-state index is 0.00859. The molecule has 3 rings (SSSR count). The van der Waals surface area contributed by atoms with Crippen molar-refractivity contribution >= 4 is 33.6 Å². The number of nitro groups is 1. The fraction of sp³-hybridized carbons (Fsp3) is 0.267. The average molecular weight is 380 g/mol. The van der Waals surface area contributed by atoms with E-state index in [2.05, 4.69) is 10.1 Å². The summed E-state index contributed by atoms with van der Waals surface area (Å²) in [7, 11) is 1.83. The van der Waals surface area contributed by atoms with Crippen LogP contribution in [0.25, 0.3) is 4.96 Å². The first-order valence-corrected chi connectivity index (χ1v) is 8.50. The lowest BCUT2D eigenvalue weighted by Gasteiger charge is -2.16. The lowest BCUT2D eigenvalue weighted by molar-refractivity contribution is -0.384. The molecule has 0 N–H and O–H groups in total. The molecule has 2 heterocycles. The van der Waals surface area contributed by atoms with E-state index >= 15 is 0 Å². The number of benzene rings is 1. The molecule has 0 bridgehead atoms. The molecule has 0 fully saturated rings. The van der Waals surface area contributed by atoms with Gasteiger partial charge in [-0.1, -0.05) is 22.9 Å². The summed E-state index contributed by atoms with van der Waals surface area (Å²) in [6, 6.07) is 5.78. The Kier molecular flexibility index (Phi) is 4.80. The molecule has 0 radical (unpaired) electrons. The Balaban J connectivity index is 1.81. The van der Waals surface area contributed by atoms with Gasteiger partial charge >= 0.3 is 0 Å². The molecule has 0 saturated heterocycles. The van der Waals surface area contributed by atoms with Crippen LogP contribution in [0.3, 0.4) is 0 Å². The molecule has 0 amide bonds. The molecule has 3 aromatic rings. The lowest BCUT2D eigenvalue weighted by Crippen LogP contribution is -2.22. The van der Waals surface area contributed by atoms with Crippen LogP contribution in [0.2, 0.25) is 5.02 Å². The highest BCUT2D eigenvalue weighted by Crippen LogP contribution is 2.23. The summed E-state index contributed by atoms with van der Waals surface area (Å²) >= 11 is 7.47. The summed E-state index contributed by atoms with van der Waals surface area (Å²) in [5.41, 5.74) is 1.01. The lowest BCUT2D eigenvalue weighted by atomic mass is 10.2. The number of nitro benzene ring substituents is 1. The van der Waals surface area contributed by atoms with Crippen LogP contribution >= 0.6 is 22.9 Å². The Morgan fingerprint density at radius 2 is 2.12 bits per heavy atom. The van der Waals surface area contributed by atoms with Gasteiger partial charge in [0, 0.05) is 36.3 Å². The Bertz CT molecular complexity index is 1020. The van der Waals surface area contributed by atoms with Gasteiger partial charge in [-0.25, -0.2) is 4.98 Å². The second-order valence-electron chi connectivity index (χ2n) is 5.61. The number of hydrogen-bond acceptors (Lipinski definition) is 7. The van der Waals surface area contributed by atoms with Crippen molar-refractivity contribution in [3.05, 3.63) is 66.0 Å². The van der Waals surface area contributed by atoms with Gasteiger partial charge in [0.05, 0.1) is 10.6 Å². The van der Waals surface area contributed by atoms with Gasteiger partial charge in [0.15, 0.2) is 0 Å². The average Bonchev–Trinajstić information content (AvgIpc) is 2.90. The molecular formula is C15H14ClN5O3S. The van der Waals surface area contributed by atoms with Crippen molar-refractivity contribution in [1.82, 2.24) is 19.5 Å². The van der Waals surface area contributed by atoms with Crippen molar-refractivity contribution in [2.45, 2.75) is 20.0 Å². The molecule has 0 atom stereocenters. The quantitative estimate of drug-likeness (QED) is 0.499. The van der Waals surface area contributed by atoms with Gasteiger partial charge in [-0.3, -0.25) is 19.8 Å². The van der Waals surface area contributed by atoms with Crippen molar-refractivity contribution in [2.24, 2.45) is 0 Å². The first kappa shape index (κ1) is 17.5. The topological polar surface area (TPSA) is 93.6 Å². The van der Waals surface area contributed by atoms with Crippen molar-refractivity contribution in [3.8, 4) is 0 Å². The van der Waals surface area contributed by atoms with Crippen LogP contribution in [0.5, 0.6) is 0 Å². The van der Waals surface area contributed by atoms with Gasteiger partial charge in [-0.05, 0) is 25.6 Å². The number of aromatic nitrogens is 3. The Morgan fingerprint density at radius 3 is 2.84 bits per heavy atom. The fourth-order valence-corrected chi connectivity index (χ4v) is 3.40. The number of aryl methyl sites for hydroxylation is 1. The van der Waals surface area contributed by atoms with E-state index in [-0.39, 0.29) is 11.2 Å². The molecule has 2 aromatic heterocycles. The molecule has 130 valence electrons. The molecule has 0 saturated carbocycles. The van der Waals surface area contributed by atoms with E-state index in [1.54, 1.807) is 0 Å². The van der Waals surface area contributed by atoms with Crippen LogP contribution in [0.15, 0.2) is 29.1 Å². The Hall–Kier alpha value is -2.36. The number of fused-ring (bicyclic) bond motifs is 1. The standard InChI is InChI=1S/C15H14ClN5O3S/c1-9-18-20-14(22)6-11(17-15(20)25-9)8-19(2)7-10-5-12(21(23)24)3-4-13(10)16/h3-6H,7-8H2,1-2H3. The number of halogens is 1. The van der Waals surface area contributed by atoms with Crippen LogP contribution in [0.4, 0.5) is 5.69 Å². The zero-order valence-electron chi connectivity index (χ0n) is 13.5. The van der Waals surface area contributed by atoms with Gasteiger partial charge in [0.2, 0.25) is 4.96 Å². The summed E-state index contributed by atoms with van der Waals surface area (Å²) in [5, 5.41) is 16.2. The second kappa shape index (κ2) is 6.87. The molecule has 1 aromatic carbocycles. The summed E-state index contributed by atoms with van der Waals surface area (Å²) in [5.74, 6) is 0. The number of non-ortho nitro benzene ring substituents is 1. The van der Waals surface area contributed by atoms with Gasteiger partial charge in [-0.15, -0.1) is 0 Å². The summed E-state index contributed by atoms with van der Waals surface area (Å²) in [6.07, 6.45) is 0. The van der Waals surface area contributed by atoms with E-state index in [0.717, 1.165) is 5.01 Å². The second-order valence-corrected chi connectivity index (χ2v) is 7.17. The van der Waals surface area contributed by atoms with E-state index in [0.29, 0.717) is 34.3 Å². The highest BCUT2D eigenvalue weighted by atomic mass is 35.5. The summed E-state index contributed by atoms with van der Waals surface area (Å²) in [6.45, 7) is 2.61. The predicted molar refractivity (Wildman–Crippen MR) is 95.1 cm³/mol. The maximum absolute atomic E-state index is 12.1. The van der Waals surface area contributed by atoms with Crippen molar-refractivity contribution < 1.29 is 4.92 Å². The van der Waals surface area contributed by atoms with E-state index in [1.165, 1.54) is 40.1 Å². The Morgan fingerprint density at radius 1 is 1.36 bits per heavy atom. The predicted octanol–water partition coefficient (Wildman–Crippen LogP) is 2.65. The highest BCUT2D eigenvalue weighted by molar-refractivity contribution is 7.16. The van der Waals surface area contributed by atoms with E-state index in [9.17, 15) is 14.9 Å². The summed E-state index contributed by atoms with van der Waals surface area (Å²) in [4.78, 5) is 29.4. The minimum atomic E-state index is -0.456. The summed E-state index contributed by atoms with van der Waals surface area (Å²) < 4.78 is 1.28. The molecule has 25 heavy (non-hydrogen) atoms. The van der Waals surface area contributed by atoms with Crippen LogP contribution in [-0.2, 0) is 13.1 Å². The molecule has 0 aliphatic carbocycles. The van der Waals surface area contributed by atoms with E-state index in [4.69, 9.17) is 11.6 Å². The molecule has 0 spiro atoms. The maximum Gasteiger partial charge on any atom is 0.275 e. The van der Waals surface area contributed by atoms with Crippen LogP contribution in [-0.4, -0.2) is 31.5 Å². The first-order chi connectivity index (χ1) is 11.8. The molecule has 0 unspecified atom stereocenters. The smallest absolute Gasteiger partial charge is 0.275 e. The highest BCUT2D eigenvalue weighted by Gasteiger charge is 2.13. The van der Waals surface area contributed by atoms with Gasteiger partial charge in [-0.2, -0.15) is 9.61 Å². The molecular weight excluding hydrogens is 366 g/mol. The van der Waals surface area contributed by atoms with Crippen molar-refractivity contribution in [2.75, 3.05) is 7.05 Å². The minimum Gasteiger partial charge on any atom is -0.296 e. The monoisotopic (exact) mass is 379 g/mol. The van der Waals surface area contributed by atoms with Gasteiger partial charge in [0.25, 0.3) is 11.2 Å². The number of nitrogens with zero attached hydrogens (tertiary/aromatic N) is 5. The normalized spacial score (nSPS) is 11.4. The largest absolute Gasteiger partial charge is 0.296 e. The number of rotatable bonds is 5. The number of hydrogen-bond donors (Lipinski definition) is 0. The van der Waals surface area contributed by atoms with Gasteiger partial charge < -0.3 is 0 Å². The zero-order valence-corrected chi connectivity index (χ0v) is 15.0. The zero-order chi connectivity index (χ0) is 18.1. The van der Waals surface area contributed by atoms with Crippen LogP contribution < -0.4 is 5.56 Å². The fourth-order valence-electron chi connectivity index (χ4n) is 2.45. The third-order valence-electron chi connectivity index (χ3n) is 3.51. The Labute approximate surface area is 151 Å². The molecule has 8 nitrogen and oxygen atoms in total. The van der Waals surface area contributed by atoms with Crippen LogP contribution in [0.1, 0.15) is 16.3 Å². The van der Waals surface area contributed by atoms with E-state index in [1.807, 2.05) is 18.9 Å². The molecule has 0 aliphatic heterocycles. The van der Waals surface area contributed by atoms with Crippen molar-refractivity contribution in [3.63, 3.8) is 0 Å². The third kappa shape index (κ3) is 3.84. The molecule has 0 aliphatic rings. The van der Waals surface area contributed by atoms with Crippen LogP contribution in [0, 0.1) is 17.0 Å². The van der Waals surface area contributed by atoms with Crippen molar-refractivity contribution in [1.29, 1.82) is 0 Å².